The summed E-state index contributed by atoms with van der Waals surface area (Å²) < 4.78 is 32.5. The lowest BCUT2D eigenvalue weighted by Crippen LogP contribution is -2.54. The molecule has 1 aromatic rings. The number of carbonyl (C=O) groups is 2. The molecule has 1 aliphatic heterocycles. The van der Waals surface area contributed by atoms with Crippen molar-refractivity contribution >= 4 is 22.0 Å². The summed E-state index contributed by atoms with van der Waals surface area (Å²) in [5.41, 5.74) is -0.710. The molecule has 192 valence electrons. The van der Waals surface area contributed by atoms with Crippen LogP contribution in [-0.4, -0.2) is 71.7 Å². The molecule has 1 saturated heterocycles. The van der Waals surface area contributed by atoms with Crippen molar-refractivity contribution in [3.05, 3.63) is 24.4 Å². The number of aliphatic hydroxyl groups is 1. The molecule has 11 heteroatoms. The summed E-state index contributed by atoms with van der Waals surface area (Å²) in [7, 11) is -3.89. The normalized spacial score (nSPS) is 23.1. The van der Waals surface area contributed by atoms with Gasteiger partial charge in [0.2, 0.25) is 5.91 Å². The second-order valence-corrected chi connectivity index (χ2v) is 12.2. The zero-order chi connectivity index (χ0) is 25.7. The number of rotatable bonds is 7. The lowest BCUT2D eigenvalue weighted by Gasteiger charge is -2.28. The van der Waals surface area contributed by atoms with E-state index in [9.17, 15) is 23.1 Å². The van der Waals surface area contributed by atoms with Crippen LogP contribution >= 0.6 is 0 Å². The second-order valence-electron chi connectivity index (χ2n) is 10.3. The highest BCUT2D eigenvalue weighted by Crippen LogP contribution is 2.23. The third kappa shape index (κ3) is 8.21. The van der Waals surface area contributed by atoms with Crippen LogP contribution in [-0.2, 0) is 19.6 Å². The van der Waals surface area contributed by atoms with Crippen LogP contribution in [0.5, 0.6) is 0 Å². The molecule has 3 N–H and O–H groups in total. The molecule has 1 aromatic heterocycles. The highest BCUT2D eigenvalue weighted by Gasteiger charge is 2.37. The van der Waals surface area contributed by atoms with Gasteiger partial charge in [0.05, 0.1) is 12.1 Å². The zero-order valence-electron chi connectivity index (χ0n) is 20.8. The number of pyridine rings is 1. The van der Waals surface area contributed by atoms with E-state index in [0.717, 1.165) is 0 Å². The van der Waals surface area contributed by atoms with E-state index < -0.39 is 45.8 Å². The van der Waals surface area contributed by atoms with E-state index in [1.807, 2.05) is 20.8 Å². The number of hydrogen-bond donors (Lipinski definition) is 3. The van der Waals surface area contributed by atoms with Crippen LogP contribution in [0, 0.1) is 11.8 Å². The number of ether oxygens (including phenoxy) is 1. The topological polar surface area (TPSA) is 138 Å². The summed E-state index contributed by atoms with van der Waals surface area (Å²) >= 11 is 0. The highest BCUT2D eigenvalue weighted by molar-refractivity contribution is 7.89. The van der Waals surface area contributed by atoms with Gasteiger partial charge in [-0.05, 0) is 57.6 Å². The molecule has 1 fully saturated rings. The molecule has 10 nitrogen and oxygen atoms in total. The van der Waals surface area contributed by atoms with Crippen LogP contribution in [0.3, 0.4) is 0 Å². The van der Waals surface area contributed by atoms with Gasteiger partial charge in [0.15, 0.2) is 5.03 Å². The minimum absolute atomic E-state index is 0.0876. The SMILES string of the molecule is CC(C)C[C@H](NC(=O)OC(C)(C)C)C(=O)NC1CC(C)CN(S(=O)(=O)c2ccccn2)CC1O. The number of nitrogens with one attached hydrogen (secondary N) is 2. The van der Waals surface area contributed by atoms with Crippen LogP contribution in [0.4, 0.5) is 4.79 Å². The van der Waals surface area contributed by atoms with Crippen LogP contribution in [0.1, 0.15) is 54.4 Å². The van der Waals surface area contributed by atoms with Crippen molar-refractivity contribution in [2.75, 3.05) is 13.1 Å². The number of sulfonamides is 1. The third-order valence-electron chi connectivity index (χ3n) is 5.31. The van der Waals surface area contributed by atoms with E-state index in [1.54, 1.807) is 32.9 Å². The Kier molecular flexibility index (Phi) is 9.44. The van der Waals surface area contributed by atoms with Gasteiger partial charge in [-0.3, -0.25) is 4.79 Å². The van der Waals surface area contributed by atoms with Crippen LogP contribution in [0.25, 0.3) is 0 Å². The van der Waals surface area contributed by atoms with Crippen molar-refractivity contribution in [3.8, 4) is 0 Å². The van der Waals surface area contributed by atoms with E-state index in [-0.39, 0.29) is 30.0 Å². The van der Waals surface area contributed by atoms with Crippen molar-refractivity contribution in [2.45, 2.75) is 83.2 Å². The number of carbonyl (C=O) groups excluding carboxylic acids is 2. The van der Waals surface area contributed by atoms with Gasteiger partial charge >= 0.3 is 6.09 Å². The molecule has 2 amide bonds. The minimum atomic E-state index is -3.89. The Hall–Kier alpha value is -2.24. The highest BCUT2D eigenvalue weighted by atomic mass is 32.2. The van der Waals surface area contributed by atoms with Crippen LogP contribution in [0.15, 0.2) is 29.4 Å². The first-order valence-corrected chi connectivity index (χ1v) is 13.0. The molecule has 0 radical (unpaired) electrons. The predicted molar refractivity (Wildman–Crippen MR) is 127 cm³/mol. The van der Waals surface area contributed by atoms with Gasteiger partial charge in [-0.25, -0.2) is 18.2 Å². The lowest BCUT2D eigenvalue weighted by atomic mass is 9.98. The number of hydrogen-bond acceptors (Lipinski definition) is 7. The summed E-state index contributed by atoms with van der Waals surface area (Å²) in [5.74, 6) is -0.470. The van der Waals surface area contributed by atoms with Crippen molar-refractivity contribution in [3.63, 3.8) is 0 Å². The molecule has 0 aliphatic carbocycles. The molecule has 0 bridgehead atoms. The summed E-state index contributed by atoms with van der Waals surface area (Å²) in [4.78, 5) is 29.3. The Morgan fingerprint density at radius 3 is 2.50 bits per heavy atom. The second kappa shape index (κ2) is 11.5. The predicted octanol–water partition coefficient (Wildman–Crippen LogP) is 1.90. The number of aromatic nitrogens is 1. The molecule has 34 heavy (non-hydrogen) atoms. The molecule has 2 rings (SSSR count). The molecular weight excluding hydrogens is 460 g/mol. The van der Waals surface area contributed by atoms with Gasteiger partial charge < -0.3 is 20.5 Å². The molecule has 0 spiro atoms. The standard InChI is InChI=1S/C23H38N4O6S/c1-15(2)11-18(26-22(30)33-23(4,5)6)21(29)25-17-12-16(3)13-27(14-19(17)28)34(31,32)20-9-7-8-10-24-20/h7-10,15-19,28H,11-14H2,1-6H3,(H,25,29)(H,26,30)/t16?,17?,18-,19?/m0/s1. The van der Waals surface area contributed by atoms with E-state index in [0.29, 0.717) is 12.8 Å². The van der Waals surface area contributed by atoms with E-state index in [2.05, 4.69) is 15.6 Å². The van der Waals surface area contributed by atoms with Crippen LogP contribution < -0.4 is 10.6 Å². The van der Waals surface area contributed by atoms with Gasteiger partial charge in [0.25, 0.3) is 10.0 Å². The minimum Gasteiger partial charge on any atom is -0.444 e. The first kappa shape index (κ1) is 28.0. The molecule has 2 heterocycles. The van der Waals surface area contributed by atoms with Crippen molar-refractivity contribution in [1.29, 1.82) is 0 Å². The number of aliphatic hydroxyl groups excluding tert-OH is 1. The van der Waals surface area contributed by atoms with Gasteiger partial charge in [-0.1, -0.05) is 26.8 Å². The van der Waals surface area contributed by atoms with Gasteiger partial charge in [0, 0.05) is 19.3 Å². The fraction of sp³-hybridized carbons (Fsp3) is 0.696. The number of amides is 2. The quantitative estimate of drug-likeness (QED) is 0.522. The zero-order valence-corrected chi connectivity index (χ0v) is 21.6. The molecule has 0 saturated carbocycles. The fourth-order valence-corrected chi connectivity index (χ4v) is 5.35. The first-order chi connectivity index (χ1) is 15.7. The number of alkyl carbamates (subject to hydrolysis) is 1. The Morgan fingerprint density at radius 1 is 1.26 bits per heavy atom. The van der Waals surface area contributed by atoms with Crippen molar-refractivity contribution < 1.29 is 27.9 Å². The maximum absolute atomic E-state index is 13.1. The molecule has 4 atom stereocenters. The Labute approximate surface area is 202 Å². The largest absolute Gasteiger partial charge is 0.444 e. The Morgan fingerprint density at radius 2 is 1.94 bits per heavy atom. The van der Waals surface area contributed by atoms with E-state index in [1.165, 1.54) is 16.6 Å². The van der Waals surface area contributed by atoms with Gasteiger partial charge in [-0.2, -0.15) is 4.31 Å². The summed E-state index contributed by atoms with van der Waals surface area (Å²) in [6.45, 7) is 10.9. The van der Waals surface area contributed by atoms with E-state index in [4.69, 9.17) is 4.74 Å². The molecule has 0 aromatic carbocycles. The average Bonchev–Trinajstić information content (AvgIpc) is 2.84. The Bertz CT molecular complexity index is 933. The summed E-state index contributed by atoms with van der Waals surface area (Å²) in [6.07, 6.45) is 0.329. The van der Waals surface area contributed by atoms with E-state index >= 15 is 0 Å². The summed E-state index contributed by atoms with van der Waals surface area (Å²) in [5, 5.41) is 16.2. The number of nitrogens with zero attached hydrogens (tertiary/aromatic N) is 2. The maximum atomic E-state index is 13.1. The van der Waals surface area contributed by atoms with Crippen LogP contribution in [0.2, 0.25) is 0 Å². The molecular formula is C23H38N4O6S. The van der Waals surface area contributed by atoms with Crippen molar-refractivity contribution in [2.24, 2.45) is 11.8 Å². The third-order valence-corrected chi connectivity index (χ3v) is 7.06. The maximum Gasteiger partial charge on any atom is 0.408 e. The smallest absolute Gasteiger partial charge is 0.408 e. The Balaban J connectivity index is 2.13. The first-order valence-electron chi connectivity index (χ1n) is 11.6. The fourth-order valence-electron chi connectivity index (χ4n) is 3.84. The monoisotopic (exact) mass is 498 g/mol. The molecule has 1 aliphatic rings. The number of β-amino-alcohol motifs (C(OH)–C–C–N with tert-alkyl or cyclic N) is 1. The molecule has 3 unspecified atom stereocenters. The van der Waals surface area contributed by atoms with Gasteiger partial charge in [0.1, 0.15) is 11.6 Å². The lowest BCUT2D eigenvalue weighted by molar-refractivity contribution is -0.125. The van der Waals surface area contributed by atoms with Gasteiger partial charge in [-0.15, -0.1) is 0 Å². The summed E-state index contributed by atoms with van der Waals surface area (Å²) in [6, 6.07) is 3.10. The average molecular weight is 499 g/mol. The van der Waals surface area contributed by atoms with Crippen molar-refractivity contribution in [1.82, 2.24) is 19.9 Å².